The third kappa shape index (κ3) is 3.55. The fraction of sp³-hybridized carbons (Fsp3) is 0.111. The Bertz CT molecular complexity index is 1010. The lowest BCUT2D eigenvalue weighted by atomic mass is 10.1. The molecule has 0 saturated heterocycles. The Morgan fingerprint density at radius 3 is 2.72 bits per heavy atom. The predicted octanol–water partition coefficient (Wildman–Crippen LogP) is 0.994. The van der Waals surface area contributed by atoms with Crippen LogP contribution in [0.4, 0.5) is 0 Å². The van der Waals surface area contributed by atoms with Gasteiger partial charge in [-0.25, -0.2) is 0 Å². The zero-order valence-corrected chi connectivity index (χ0v) is 13.3. The Morgan fingerprint density at radius 1 is 1.12 bits per heavy atom. The molecule has 0 unspecified atom stereocenters. The number of nitrogens with two attached hydrogens (primary N) is 1. The van der Waals surface area contributed by atoms with Crippen molar-refractivity contribution in [3.05, 3.63) is 75.6 Å². The third-order valence-electron chi connectivity index (χ3n) is 3.80. The van der Waals surface area contributed by atoms with E-state index in [2.05, 4.69) is 15.5 Å². The van der Waals surface area contributed by atoms with Crippen molar-refractivity contribution < 1.29 is 9.59 Å². The summed E-state index contributed by atoms with van der Waals surface area (Å²) in [4.78, 5) is 35.7. The number of aromatic nitrogens is 2. The number of nitrogens with one attached hydrogen (secondary N) is 2. The smallest absolute Gasteiger partial charge is 0.275 e. The van der Waals surface area contributed by atoms with Gasteiger partial charge in [-0.15, -0.1) is 0 Å². The molecule has 0 spiro atoms. The fourth-order valence-corrected chi connectivity index (χ4v) is 2.51. The number of amides is 2. The molecule has 3 rings (SSSR count). The van der Waals surface area contributed by atoms with Crippen LogP contribution >= 0.6 is 0 Å². The zero-order valence-electron chi connectivity index (χ0n) is 13.3. The molecular weight excluding hydrogens is 320 g/mol. The summed E-state index contributed by atoms with van der Waals surface area (Å²) < 4.78 is 0. The molecule has 126 valence electrons. The minimum Gasteiger partial charge on any atom is -0.366 e. The predicted molar refractivity (Wildman–Crippen MR) is 93.4 cm³/mol. The highest BCUT2D eigenvalue weighted by atomic mass is 16.2. The molecule has 0 fully saturated rings. The second-order valence-electron chi connectivity index (χ2n) is 5.52. The molecule has 3 aromatic rings. The fourth-order valence-electron chi connectivity index (χ4n) is 2.51. The molecule has 7 nitrogen and oxygen atoms in total. The molecule has 0 saturated carbocycles. The first kappa shape index (κ1) is 16.4. The number of hydrogen-bond donors (Lipinski definition) is 3. The van der Waals surface area contributed by atoms with E-state index in [0.29, 0.717) is 29.4 Å². The van der Waals surface area contributed by atoms with Gasteiger partial charge in [0, 0.05) is 17.5 Å². The Balaban J connectivity index is 1.69. The summed E-state index contributed by atoms with van der Waals surface area (Å²) in [7, 11) is 0. The van der Waals surface area contributed by atoms with Crippen molar-refractivity contribution in [2.75, 3.05) is 6.54 Å². The normalized spacial score (nSPS) is 10.6. The summed E-state index contributed by atoms with van der Waals surface area (Å²) in [5.41, 5.74) is 6.50. The van der Waals surface area contributed by atoms with Gasteiger partial charge >= 0.3 is 0 Å². The van der Waals surface area contributed by atoms with Gasteiger partial charge in [-0.05, 0) is 36.2 Å². The molecule has 2 aromatic carbocycles. The molecular formula is C18H16N4O3. The number of carbonyl (C=O) groups excluding carboxylic acids is 2. The molecule has 4 N–H and O–H groups in total. The number of fused-ring (bicyclic) bond motifs is 1. The maximum atomic E-state index is 12.3. The van der Waals surface area contributed by atoms with Crippen LogP contribution in [0.1, 0.15) is 26.4 Å². The third-order valence-corrected chi connectivity index (χ3v) is 3.80. The van der Waals surface area contributed by atoms with Crippen molar-refractivity contribution in [1.82, 2.24) is 15.5 Å². The standard InChI is InChI=1S/C18H16N4O3/c19-17(24)12-5-3-4-11(10-12)8-9-20-18(25)15-16(23)13-6-1-2-7-14(13)21-22-15/h1-7,10H,8-9H2,(H2,19,24)(H,20,25)(H,21,23). The number of rotatable bonds is 5. The Morgan fingerprint density at radius 2 is 1.92 bits per heavy atom. The van der Waals surface area contributed by atoms with Gasteiger partial charge in [0.15, 0.2) is 5.69 Å². The van der Waals surface area contributed by atoms with Gasteiger partial charge in [0.05, 0.1) is 5.52 Å². The second-order valence-corrected chi connectivity index (χ2v) is 5.52. The summed E-state index contributed by atoms with van der Waals surface area (Å²) in [5, 5.41) is 9.64. The van der Waals surface area contributed by atoms with Crippen molar-refractivity contribution in [1.29, 1.82) is 0 Å². The van der Waals surface area contributed by atoms with Gasteiger partial charge in [0.1, 0.15) is 0 Å². The number of aromatic amines is 1. The first-order chi connectivity index (χ1) is 12.1. The van der Waals surface area contributed by atoms with Crippen molar-refractivity contribution in [3.63, 3.8) is 0 Å². The zero-order chi connectivity index (χ0) is 17.8. The van der Waals surface area contributed by atoms with Crippen LogP contribution in [0.2, 0.25) is 0 Å². The van der Waals surface area contributed by atoms with Crippen molar-refractivity contribution in [3.8, 4) is 0 Å². The van der Waals surface area contributed by atoms with Crippen LogP contribution in [0.5, 0.6) is 0 Å². The van der Waals surface area contributed by atoms with Crippen LogP contribution in [-0.4, -0.2) is 28.6 Å². The Labute approximate surface area is 142 Å². The lowest BCUT2D eigenvalue weighted by Crippen LogP contribution is -2.32. The highest BCUT2D eigenvalue weighted by molar-refractivity contribution is 5.95. The van der Waals surface area contributed by atoms with Gasteiger partial charge in [-0.2, -0.15) is 5.10 Å². The molecule has 1 heterocycles. The number of carbonyl (C=O) groups is 2. The van der Waals surface area contributed by atoms with Crippen molar-refractivity contribution >= 4 is 22.7 Å². The van der Waals surface area contributed by atoms with Gasteiger partial charge < -0.3 is 11.1 Å². The van der Waals surface area contributed by atoms with Gasteiger partial charge in [-0.1, -0.05) is 24.3 Å². The van der Waals surface area contributed by atoms with E-state index >= 15 is 0 Å². The summed E-state index contributed by atoms with van der Waals surface area (Å²) >= 11 is 0. The average molecular weight is 336 g/mol. The second kappa shape index (κ2) is 6.96. The topological polar surface area (TPSA) is 118 Å². The largest absolute Gasteiger partial charge is 0.366 e. The van der Waals surface area contributed by atoms with Gasteiger partial charge in [0.2, 0.25) is 11.3 Å². The molecule has 0 aliphatic carbocycles. The molecule has 0 atom stereocenters. The summed E-state index contributed by atoms with van der Waals surface area (Å²) in [5.74, 6) is -1.05. The van der Waals surface area contributed by atoms with Crippen LogP contribution in [0.3, 0.4) is 0 Å². The molecule has 0 bridgehead atoms. The van der Waals surface area contributed by atoms with E-state index in [0.717, 1.165) is 5.56 Å². The SMILES string of the molecule is NC(=O)c1cccc(CCNC(=O)c2n[nH]c3ccccc3c2=O)c1. The molecule has 25 heavy (non-hydrogen) atoms. The van der Waals surface area contributed by atoms with Crippen LogP contribution in [-0.2, 0) is 6.42 Å². The highest BCUT2D eigenvalue weighted by Gasteiger charge is 2.14. The monoisotopic (exact) mass is 336 g/mol. The molecule has 0 aliphatic heterocycles. The van der Waals surface area contributed by atoms with E-state index in [1.54, 1.807) is 42.5 Å². The van der Waals surface area contributed by atoms with E-state index < -0.39 is 17.2 Å². The maximum absolute atomic E-state index is 12.3. The minimum atomic E-state index is -0.543. The number of H-pyrrole nitrogens is 1. The molecule has 0 aliphatic rings. The van der Waals surface area contributed by atoms with E-state index in [1.165, 1.54) is 0 Å². The lowest BCUT2D eigenvalue weighted by Gasteiger charge is -2.06. The Hall–Kier alpha value is -3.48. The lowest BCUT2D eigenvalue weighted by molar-refractivity contribution is 0.0945. The molecule has 7 heteroatoms. The van der Waals surface area contributed by atoms with Gasteiger partial charge in [0.25, 0.3) is 5.91 Å². The van der Waals surface area contributed by atoms with E-state index in [1.807, 2.05) is 6.07 Å². The minimum absolute atomic E-state index is 0.176. The Kier molecular flexibility index (Phi) is 4.56. The van der Waals surface area contributed by atoms with Crippen molar-refractivity contribution in [2.24, 2.45) is 5.73 Å². The number of para-hydroxylation sites is 1. The van der Waals surface area contributed by atoms with Gasteiger partial charge in [-0.3, -0.25) is 19.5 Å². The van der Waals surface area contributed by atoms with E-state index in [-0.39, 0.29) is 5.69 Å². The van der Waals surface area contributed by atoms with E-state index in [4.69, 9.17) is 5.73 Å². The summed E-state index contributed by atoms with van der Waals surface area (Å²) in [6, 6.07) is 13.7. The summed E-state index contributed by atoms with van der Waals surface area (Å²) in [6.45, 7) is 0.301. The summed E-state index contributed by atoms with van der Waals surface area (Å²) in [6.07, 6.45) is 0.498. The molecule has 0 radical (unpaired) electrons. The number of hydrogen-bond acceptors (Lipinski definition) is 4. The van der Waals surface area contributed by atoms with Crippen LogP contribution in [0, 0.1) is 0 Å². The number of benzene rings is 2. The number of primary amides is 1. The number of nitrogens with zero attached hydrogens (tertiary/aromatic N) is 1. The van der Waals surface area contributed by atoms with Crippen molar-refractivity contribution in [2.45, 2.75) is 6.42 Å². The van der Waals surface area contributed by atoms with Crippen LogP contribution < -0.4 is 16.5 Å². The van der Waals surface area contributed by atoms with Crippen LogP contribution in [0.15, 0.2) is 53.3 Å². The van der Waals surface area contributed by atoms with E-state index in [9.17, 15) is 14.4 Å². The first-order valence-corrected chi connectivity index (χ1v) is 7.70. The first-order valence-electron chi connectivity index (χ1n) is 7.70. The quantitative estimate of drug-likeness (QED) is 0.644. The highest BCUT2D eigenvalue weighted by Crippen LogP contribution is 2.06. The molecule has 1 aromatic heterocycles. The van der Waals surface area contributed by atoms with Crippen LogP contribution in [0.25, 0.3) is 10.9 Å². The maximum Gasteiger partial charge on any atom is 0.275 e. The average Bonchev–Trinajstić information content (AvgIpc) is 2.62. The molecule has 2 amide bonds.